The Morgan fingerprint density at radius 2 is 0.781 bits per heavy atom. The number of carbonyl (C=O) groups excluding carboxylic acids is 1. The minimum atomic E-state index is -1.55. The molecule has 0 saturated carbocycles. The van der Waals surface area contributed by atoms with Crippen molar-refractivity contribution >= 4 is 5.91 Å². The van der Waals surface area contributed by atoms with E-state index in [1.165, 1.54) is 225 Å². The third kappa shape index (κ3) is 35.3. The molecule has 1 saturated heterocycles. The minimum absolute atomic E-state index is 0.133. The van der Waals surface area contributed by atoms with Gasteiger partial charge in [-0.1, -0.05) is 271 Å². The predicted octanol–water partition coefficient (Wildman–Crippen LogP) is 13.5. The van der Waals surface area contributed by atoms with Gasteiger partial charge in [-0.3, -0.25) is 4.79 Å². The lowest BCUT2D eigenvalue weighted by Crippen LogP contribution is -2.60. The summed E-state index contributed by atoms with van der Waals surface area (Å²) in [5.41, 5.74) is 0. The molecule has 0 aliphatic carbocycles. The van der Waals surface area contributed by atoms with Gasteiger partial charge in [-0.2, -0.15) is 0 Å². The van der Waals surface area contributed by atoms with Crippen molar-refractivity contribution in [1.29, 1.82) is 0 Å². The molecule has 0 aromatic rings. The van der Waals surface area contributed by atoms with Crippen molar-refractivity contribution in [2.75, 3.05) is 13.2 Å². The number of nitrogens with one attached hydrogen (secondary N) is 1. The molecule has 0 aromatic heterocycles. The molecule has 0 aromatic carbocycles. The van der Waals surface area contributed by atoms with Crippen molar-refractivity contribution in [3.05, 3.63) is 0 Å². The number of unbranched alkanes of at least 4 members (excludes halogenated alkanes) is 39. The maximum absolute atomic E-state index is 13.0. The van der Waals surface area contributed by atoms with Crippen LogP contribution in [0.2, 0.25) is 0 Å². The Bertz CT molecular complexity index is 970. The molecule has 9 nitrogen and oxygen atoms in total. The molecular weight excluding hydrogens is 803 g/mol. The topological polar surface area (TPSA) is 149 Å². The summed E-state index contributed by atoms with van der Waals surface area (Å²) in [5, 5.41) is 54.3. The zero-order chi connectivity index (χ0) is 46.6. The zero-order valence-corrected chi connectivity index (χ0v) is 42.3. The van der Waals surface area contributed by atoms with E-state index < -0.39 is 49.5 Å². The highest BCUT2D eigenvalue weighted by Crippen LogP contribution is 2.23. The molecule has 1 aliphatic heterocycles. The van der Waals surface area contributed by atoms with Gasteiger partial charge in [-0.25, -0.2) is 0 Å². The van der Waals surface area contributed by atoms with Crippen LogP contribution in [0, 0.1) is 0 Å². The normalized spacial score (nSPS) is 19.9. The minimum Gasteiger partial charge on any atom is -0.394 e. The molecule has 0 bridgehead atoms. The van der Waals surface area contributed by atoms with E-state index in [0.29, 0.717) is 12.8 Å². The van der Waals surface area contributed by atoms with Gasteiger partial charge >= 0.3 is 0 Å². The van der Waals surface area contributed by atoms with Gasteiger partial charge in [0.05, 0.1) is 25.4 Å². The average Bonchev–Trinajstić information content (AvgIpc) is 3.29. The summed E-state index contributed by atoms with van der Waals surface area (Å²) in [6.07, 6.45) is 47.5. The second-order valence-electron chi connectivity index (χ2n) is 20.1. The molecule has 1 aliphatic rings. The molecule has 1 fully saturated rings. The number of hydrogen-bond acceptors (Lipinski definition) is 8. The van der Waals surface area contributed by atoms with E-state index in [4.69, 9.17) is 9.47 Å². The van der Waals surface area contributed by atoms with Gasteiger partial charge in [0.25, 0.3) is 0 Å². The Kier molecular flexibility index (Phi) is 43.9. The second-order valence-corrected chi connectivity index (χ2v) is 20.1. The van der Waals surface area contributed by atoms with Gasteiger partial charge < -0.3 is 40.3 Å². The predicted molar refractivity (Wildman–Crippen MR) is 268 cm³/mol. The Balaban J connectivity index is 2.01. The van der Waals surface area contributed by atoms with Crippen molar-refractivity contribution in [3.8, 4) is 0 Å². The molecule has 7 unspecified atom stereocenters. The van der Waals surface area contributed by atoms with E-state index in [9.17, 15) is 30.3 Å². The number of rotatable bonds is 49. The smallest absolute Gasteiger partial charge is 0.220 e. The first-order valence-corrected chi connectivity index (χ1v) is 28.2. The van der Waals surface area contributed by atoms with Crippen LogP contribution in [-0.2, 0) is 14.3 Å². The molecule has 64 heavy (non-hydrogen) atoms. The number of aliphatic hydroxyl groups is 5. The molecule has 7 atom stereocenters. The van der Waals surface area contributed by atoms with Crippen LogP contribution in [0.4, 0.5) is 0 Å². The zero-order valence-electron chi connectivity index (χ0n) is 42.3. The van der Waals surface area contributed by atoms with Crippen LogP contribution in [0.5, 0.6) is 0 Å². The molecule has 1 heterocycles. The highest BCUT2D eigenvalue weighted by Gasteiger charge is 2.44. The maximum atomic E-state index is 13.0. The highest BCUT2D eigenvalue weighted by molar-refractivity contribution is 5.76. The van der Waals surface area contributed by atoms with Crippen molar-refractivity contribution in [1.82, 2.24) is 5.32 Å². The summed E-state index contributed by atoms with van der Waals surface area (Å²) in [6, 6.07) is -0.711. The number of ether oxygens (including phenoxy) is 2. The van der Waals surface area contributed by atoms with Crippen LogP contribution in [-0.4, -0.2) is 87.5 Å². The van der Waals surface area contributed by atoms with Crippen molar-refractivity contribution in [2.24, 2.45) is 0 Å². The fourth-order valence-corrected chi connectivity index (χ4v) is 9.46. The molecule has 382 valence electrons. The highest BCUT2D eigenvalue weighted by atomic mass is 16.7. The quantitative estimate of drug-likeness (QED) is 0.0331. The Morgan fingerprint density at radius 1 is 0.469 bits per heavy atom. The summed E-state index contributed by atoms with van der Waals surface area (Å²) in [7, 11) is 0. The lowest BCUT2D eigenvalue weighted by molar-refractivity contribution is -0.302. The Labute approximate surface area is 395 Å². The fourth-order valence-electron chi connectivity index (χ4n) is 9.46. The lowest BCUT2D eigenvalue weighted by Gasteiger charge is -2.40. The molecule has 1 amide bonds. The number of carbonyl (C=O) groups is 1. The molecule has 9 heteroatoms. The van der Waals surface area contributed by atoms with E-state index in [1.54, 1.807) is 0 Å². The Morgan fingerprint density at radius 3 is 1.11 bits per heavy atom. The number of amides is 1. The molecule has 0 radical (unpaired) electrons. The summed E-state index contributed by atoms with van der Waals surface area (Å²) in [6.45, 7) is 3.83. The first-order valence-electron chi connectivity index (χ1n) is 28.2. The van der Waals surface area contributed by atoms with Gasteiger partial charge in [-0.05, 0) is 12.8 Å². The third-order valence-electron chi connectivity index (χ3n) is 14.0. The van der Waals surface area contributed by atoms with Crippen LogP contribution in [0.3, 0.4) is 0 Å². The third-order valence-corrected chi connectivity index (χ3v) is 14.0. The van der Waals surface area contributed by atoms with Crippen molar-refractivity contribution in [2.45, 2.75) is 333 Å². The standard InChI is InChI=1S/C55H109NO8/c1-3-5-7-9-11-13-14-15-16-17-18-19-20-21-22-23-24-25-26-27-28-29-30-31-32-33-34-35-36-37-39-41-43-45-51(59)56-48(49(58)44-42-40-38-12-10-8-6-4-2)47-63-55-54(62)53(61)52(60)50(46-57)64-55/h48-50,52-55,57-58,60-62H,3-47H2,1-2H3,(H,56,59). The van der Waals surface area contributed by atoms with Crippen LogP contribution >= 0.6 is 0 Å². The molecule has 6 N–H and O–H groups in total. The fraction of sp³-hybridized carbons (Fsp3) is 0.982. The molecule has 1 rings (SSSR count). The average molecular weight is 912 g/mol. The monoisotopic (exact) mass is 912 g/mol. The van der Waals surface area contributed by atoms with Crippen molar-refractivity contribution in [3.63, 3.8) is 0 Å². The van der Waals surface area contributed by atoms with Crippen LogP contribution in [0.1, 0.15) is 290 Å². The van der Waals surface area contributed by atoms with Gasteiger partial charge in [0, 0.05) is 6.42 Å². The van der Waals surface area contributed by atoms with Gasteiger partial charge in [0.2, 0.25) is 5.91 Å². The lowest BCUT2D eigenvalue weighted by atomic mass is 9.99. The Hall–Kier alpha value is -0.810. The van der Waals surface area contributed by atoms with E-state index in [-0.39, 0.29) is 12.5 Å². The second kappa shape index (κ2) is 45.9. The number of hydrogen-bond donors (Lipinski definition) is 6. The van der Waals surface area contributed by atoms with Crippen LogP contribution in [0.25, 0.3) is 0 Å². The summed E-state index contributed by atoms with van der Waals surface area (Å²) >= 11 is 0. The SMILES string of the molecule is CCCCCCCCCCCCCCCCCCCCCCCCCCCCCCCCCCCC(=O)NC(COC1OC(CO)C(O)C(O)C1O)C(O)CCCCCCCCCC. The molecule has 0 spiro atoms. The van der Waals surface area contributed by atoms with E-state index in [0.717, 1.165) is 38.5 Å². The van der Waals surface area contributed by atoms with Gasteiger partial charge in [-0.15, -0.1) is 0 Å². The van der Waals surface area contributed by atoms with Crippen LogP contribution in [0.15, 0.2) is 0 Å². The summed E-state index contributed by atoms with van der Waals surface area (Å²) < 4.78 is 11.2. The van der Waals surface area contributed by atoms with E-state index in [2.05, 4.69) is 19.2 Å². The van der Waals surface area contributed by atoms with Crippen molar-refractivity contribution < 1.29 is 39.8 Å². The summed E-state index contributed by atoms with van der Waals surface area (Å²) in [5.74, 6) is -0.141. The van der Waals surface area contributed by atoms with Crippen LogP contribution < -0.4 is 5.32 Å². The van der Waals surface area contributed by atoms with Gasteiger partial charge in [0.1, 0.15) is 24.4 Å². The van der Waals surface area contributed by atoms with E-state index >= 15 is 0 Å². The first-order chi connectivity index (χ1) is 31.3. The maximum Gasteiger partial charge on any atom is 0.220 e. The largest absolute Gasteiger partial charge is 0.394 e. The van der Waals surface area contributed by atoms with E-state index in [1.807, 2.05) is 0 Å². The first kappa shape index (κ1) is 61.2. The summed E-state index contributed by atoms with van der Waals surface area (Å²) in [4.78, 5) is 13.0. The molecular formula is C55H109NO8. The number of aliphatic hydroxyl groups excluding tert-OH is 5. The van der Waals surface area contributed by atoms with Gasteiger partial charge in [0.15, 0.2) is 6.29 Å².